The molecule has 0 radical (unpaired) electrons. The molecule has 3 rings (SSSR count). The quantitative estimate of drug-likeness (QED) is 0.478. The van der Waals surface area contributed by atoms with E-state index in [1.54, 1.807) is 12.1 Å². The molecule has 0 aromatic heterocycles. The number of carbonyl (C=O) groups is 1. The predicted molar refractivity (Wildman–Crippen MR) is 70.8 cm³/mol. The Hall–Kier alpha value is -2.13. The van der Waals surface area contributed by atoms with E-state index in [1.165, 1.54) is 12.5 Å². The van der Waals surface area contributed by atoms with E-state index in [9.17, 15) is 4.79 Å². The Labute approximate surface area is 111 Å². The summed E-state index contributed by atoms with van der Waals surface area (Å²) < 4.78 is 10.7. The number of ether oxygens (including phenoxy) is 2. The van der Waals surface area contributed by atoms with E-state index in [1.807, 2.05) is 30.3 Å². The maximum atomic E-state index is 10.8. The number of rotatable bonds is 3. The van der Waals surface area contributed by atoms with Crippen LogP contribution in [0.3, 0.4) is 0 Å². The van der Waals surface area contributed by atoms with E-state index in [-0.39, 0.29) is 18.2 Å². The Bertz CT molecular complexity index is 575. The topological polar surface area (TPSA) is 38.8 Å². The minimum absolute atomic E-state index is 0.105. The van der Waals surface area contributed by atoms with Crippen molar-refractivity contribution in [3.8, 4) is 5.75 Å². The van der Waals surface area contributed by atoms with Gasteiger partial charge in [-0.3, -0.25) is 4.79 Å². The molecule has 1 heterocycles. The smallest absolute Gasteiger partial charge is 0.308 e. The lowest BCUT2D eigenvalue weighted by Crippen LogP contribution is -2.01. The number of hydrogen-bond donors (Lipinski definition) is 0. The lowest BCUT2D eigenvalue weighted by atomic mass is 10.0. The lowest BCUT2D eigenvalue weighted by Gasteiger charge is -2.02. The molecule has 2 unspecified atom stereocenters. The van der Waals surface area contributed by atoms with Crippen LogP contribution in [-0.2, 0) is 9.53 Å². The number of epoxide rings is 1. The summed E-state index contributed by atoms with van der Waals surface area (Å²) in [4.78, 5) is 10.8. The molecule has 2 atom stereocenters. The summed E-state index contributed by atoms with van der Waals surface area (Å²) in [6, 6.07) is 17.6. The number of carbonyl (C=O) groups excluding carboxylic acids is 1. The van der Waals surface area contributed by atoms with Crippen LogP contribution in [0.1, 0.15) is 30.3 Å². The van der Waals surface area contributed by atoms with Gasteiger partial charge in [0.15, 0.2) is 0 Å². The second kappa shape index (κ2) is 4.86. The third-order valence-electron chi connectivity index (χ3n) is 3.09. The SMILES string of the molecule is CC(=O)Oc1ccc(C2OC2c2ccccc2)cc1. The fraction of sp³-hybridized carbons (Fsp3) is 0.188. The van der Waals surface area contributed by atoms with Gasteiger partial charge < -0.3 is 9.47 Å². The molecule has 1 saturated heterocycles. The zero-order chi connectivity index (χ0) is 13.2. The zero-order valence-electron chi connectivity index (χ0n) is 10.6. The molecular formula is C16H14O3. The van der Waals surface area contributed by atoms with E-state index >= 15 is 0 Å². The van der Waals surface area contributed by atoms with Gasteiger partial charge in [0.05, 0.1) is 0 Å². The maximum Gasteiger partial charge on any atom is 0.308 e. The van der Waals surface area contributed by atoms with Crippen LogP contribution in [0, 0.1) is 0 Å². The van der Waals surface area contributed by atoms with Gasteiger partial charge in [-0.2, -0.15) is 0 Å². The molecule has 1 aliphatic rings. The fourth-order valence-electron chi connectivity index (χ4n) is 2.15. The molecule has 1 aliphatic heterocycles. The molecule has 0 bridgehead atoms. The summed E-state index contributed by atoms with van der Waals surface area (Å²) in [6.07, 6.45) is 0.245. The van der Waals surface area contributed by atoms with Gasteiger partial charge in [0, 0.05) is 6.92 Å². The monoisotopic (exact) mass is 254 g/mol. The van der Waals surface area contributed by atoms with Crippen LogP contribution in [0.25, 0.3) is 0 Å². The molecule has 2 aromatic rings. The van der Waals surface area contributed by atoms with Crippen molar-refractivity contribution in [1.82, 2.24) is 0 Å². The molecule has 0 aliphatic carbocycles. The first-order valence-corrected chi connectivity index (χ1v) is 6.23. The molecule has 1 fully saturated rings. The van der Waals surface area contributed by atoms with Crippen LogP contribution in [0.4, 0.5) is 0 Å². The first kappa shape index (κ1) is 11.9. The number of benzene rings is 2. The van der Waals surface area contributed by atoms with E-state index in [2.05, 4.69) is 12.1 Å². The molecule has 2 aromatic carbocycles. The molecule has 3 heteroatoms. The van der Waals surface area contributed by atoms with Crippen molar-refractivity contribution in [3.05, 3.63) is 65.7 Å². The Morgan fingerprint density at radius 3 is 2.11 bits per heavy atom. The number of esters is 1. The van der Waals surface area contributed by atoms with E-state index in [4.69, 9.17) is 9.47 Å². The minimum Gasteiger partial charge on any atom is -0.427 e. The molecule has 0 spiro atoms. The average molecular weight is 254 g/mol. The third kappa shape index (κ3) is 2.66. The summed E-state index contributed by atoms with van der Waals surface area (Å²) in [7, 11) is 0. The van der Waals surface area contributed by atoms with Gasteiger partial charge in [-0.1, -0.05) is 42.5 Å². The van der Waals surface area contributed by atoms with Gasteiger partial charge in [-0.15, -0.1) is 0 Å². The van der Waals surface area contributed by atoms with Crippen molar-refractivity contribution in [2.24, 2.45) is 0 Å². The summed E-state index contributed by atoms with van der Waals surface area (Å²) in [5.74, 6) is 0.255. The molecule has 19 heavy (non-hydrogen) atoms. The summed E-state index contributed by atoms with van der Waals surface area (Å²) in [5.41, 5.74) is 2.29. The molecular weight excluding hydrogens is 240 g/mol. The normalized spacial score (nSPS) is 20.9. The van der Waals surface area contributed by atoms with Crippen molar-refractivity contribution in [2.45, 2.75) is 19.1 Å². The van der Waals surface area contributed by atoms with Gasteiger partial charge in [-0.25, -0.2) is 0 Å². The van der Waals surface area contributed by atoms with Gasteiger partial charge in [-0.05, 0) is 23.3 Å². The highest BCUT2D eigenvalue weighted by atomic mass is 16.6. The van der Waals surface area contributed by atoms with Gasteiger partial charge in [0.1, 0.15) is 18.0 Å². The zero-order valence-corrected chi connectivity index (χ0v) is 10.6. The van der Waals surface area contributed by atoms with Crippen LogP contribution < -0.4 is 4.74 Å². The predicted octanol–water partition coefficient (Wildman–Crippen LogP) is 3.42. The first-order chi connectivity index (χ1) is 9.24. The molecule has 0 amide bonds. The van der Waals surface area contributed by atoms with Crippen molar-refractivity contribution < 1.29 is 14.3 Å². The first-order valence-electron chi connectivity index (χ1n) is 6.23. The van der Waals surface area contributed by atoms with Crippen molar-refractivity contribution in [2.75, 3.05) is 0 Å². The van der Waals surface area contributed by atoms with Gasteiger partial charge in [0.2, 0.25) is 0 Å². The van der Waals surface area contributed by atoms with E-state index in [0.29, 0.717) is 5.75 Å². The highest BCUT2D eigenvalue weighted by Crippen LogP contribution is 2.50. The van der Waals surface area contributed by atoms with Crippen molar-refractivity contribution in [1.29, 1.82) is 0 Å². The molecule has 96 valence electrons. The Morgan fingerprint density at radius 2 is 1.53 bits per heavy atom. The van der Waals surface area contributed by atoms with Crippen LogP contribution >= 0.6 is 0 Å². The molecule has 0 saturated carbocycles. The van der Waals surface area contributed by atoms with Crippen molar-refractivity contribution in [3.63, 3.8) is 0 Å². The van der Waals surface area contributed by atoms with E-state index in [0.717, 1.165) is 5.56 Å². The Morgan fingerprint density at radius 1 is 0.947 bits per heavy atom. The minimum atomic E-state index is -0.308. The highest BCUT2D eigenvalue weighted by Gasteiger charge is 2.41. The van der Waals surface area contributed by atoms with Gasteiger partial charge >= 0.3 is 5.97 Å². The Balaban J connectivity index is 1.70. The van der Waals surface area contributed by atoms with Crippen molar-refractivity contribution >= 4 is 5.97 Å². The molecule has 0 N–H and O–H groups in total. The second-order valence-corrected chi connectivity index (χ2v) is 4.55. The maximum absolute atomic E-state index is 10.8. The second-order valence-electron chi connectivity index (χ2n) is 4.55. The fourth-order valence-corrected chi connectivity index (χ4v) is 2.15. The number of hydrogen-bond acceptors (Lipinski definition) is 3. The third-order valence-corrected chi connectivity index (χ3v) is 3.09. The van der Waals surface area contributed by atoms with Gasteiger partial charge in [0.25, 0.3) is 0 Å². The van der Waals surface area contributed by atoms with Crippen LogP contribution in [0.5, 0.6) is 5.75 Å². The van der Waals surface area contributed by atoms with Crippen LogP contribution in [0.15, 0.2) is 54.6 Å². The standard InChI is InChI=1S/C16H14O3/c1-11(17)18-14-9-7-13(8-10-14)16-15(19-16)12-5-3-2-4-6-12/h2-10,15-16H,1H3. The highest BCUT2D eigenvalue weighted by molar-refractivity contribution is 5.69. The summed E-state index contributed by atoms with van der Waals surface area (Å²) in [5, 5.41) is 0. The Kier molecular flexibility index (Phi) is 3.05. The largest absolute Gasteiger partial charge is 0.427 e. The van der Waals surface area contributed by atoms with Crippen LogP contribution in [-0.4, -0.2) is 5.97 Å². The summed E-state index contributed by atoms with van der Waals surface area (Å²) in [6.45, 7) is 1.39. The lowest BCUT2D eigenvalue weighted by molar-refractivity contribution is -0.131. The van der Waals surface area contributed by atoms with E-state index < -0.39 is 0 Å². The summed E-state index contributed by atoms with van der Waals surface area (Å²) >= 11 is 0. The average Bonchev–Trinajstić information content (AvgIpc) is 3.20. The van der Waals surface area contributed by atoms with Crippen LogP contribution in [0.2, 0.25) is 0 Å². The molecule has 3 nitrogen and oxygen atoms in total.